The van der Waals surface area contributed by atoms with Crippen molar-refractivity contribution in [3.05, 3.63) is 59.4 Å². The van der Waals surface area contributed by atoms with E-state index in [0.717, 1.165) is 0 Å². The van der Waals surface area contributed by atoms with Gasteiger partial charge >= 0.3 is 0 Å². The zero-order valence-electron chi connectivity index (χ0n) is 10.9. The molecule has 0 aromatic heterocycles. The lowest BCUT2D eigenvalue weighted by atomic mass is 10.2. The standard InChI is InChI=1S/C14H15FN2O2S/c1-10-8-12(15)6-7-13(10)17-20(18,19)14-5-3-2-4-11(14)9-16/h2-8,17H,9,16H2,1H3. The molecule has 0 heterocycles. The van der Waals surface area contributed by atoms with Crippen LogP contribution in [0.1, 0.15) is 11.1 Å². The van der Waals surface area contributed by atoms with Crippen molar-refractivity contribution >= 4 is 15.7 Å². The van der Waals surface area contributed by atoms with Crippen LogP contribution in [0.4, 0.5) is 10.1 Å². The molecule has 0 unspecified atom stereocenters. The molecule has 0 spiro atoms. The second-order valence-electron chi connectivity index (χ2n) is 4.38. The van der Waals surface area contributed by atoms with Crippen LogP contribution in [0.25, 0.3) is 0 Å². The van der Waals surface area contributed by atoms with Gasteiger partial charge < -0.3 is 5.73 Å². The molecule has 2 aromatic carbocycles. The molecule has 20 heavy (non-hydrogen) atoms. The number of benzene rings is 2. The molecule has 0 radical (unpaired) electrons. The summed E-state index contributed by atoms with van der Waals surface area (Å²) >= 11 is 0. The highest BCUT2D eigenvalue weighted by molar-refractivity contribution is 7.92. The summed E-state index contributed by atoms with van der Waals surface area (Å²) in [6, 6.07) is 10.4. The van der Waals surface area contributed by atoms with Crippen LogP contribution < -0.4 is 10.5 Å². The van der Waals surface area contributed by atoms with Crippen molar-refractivity contribution in [1.82, 2.24) is 0 Å². The zero-order valence-corrected chi connectivity index (χ0v) is 11.7. The Hall–Kier alpha value is -1.92. The van der Waals surface area contributed by atoms with Gasteiger partial charge in [-0.1, -0.05) is 18.2 Å². The summed E-state index contributed by atoms with van der Waals surface area (Å²) in [6.45, 7) is 1.76. The van der Waals surface area contributed by atoms with Crippen LogP contribution in [-0.2, 0) is 16.6 Å². The minimum Gasteiger partial charge on any atom is -0.326 e. The van der Waals surface area contributed by atoms with Crippen LogP contribution in [0.3, 0.4) is 0 Å². The molecule has 106 valence electrons. The monoisotopic (exact) mass is 294 g/mol. The van der Waals surface area contributed by atoms with Gasteiger partial charge in [-0.25, -0.2) is 12.8 Å². The number of aryl methyl sites for hydroxylation is 1. The molecule has 3 N–H and O–H groups in total. The summed E-state index contributed by atoms with van der Waals surface area (Å²) in [5, 5.41) is 0. The van der Waals surface area contributed by atoms with Crippen LogP contribution in [0.2, 0.25) is 0 Å². The van der Waals surface area contributed by atoms with E-state index in [-0.39, 0.29) is 11.4 Å². The van der Waals surface area contributed by atoms with Crippen molar-refractivity contribution in [2.24, 2.45) is 5.73 Å². The van der Waals surface area contributed by atoms with Gasteiger partial charge in [0.05, 0.1) is 10.6 Å². The van der Waals surface area contributed by atoms with E-state index in [4.69, 9.17) is 5.73 Å². The summed E-state index contributed by atoms with van der Waals surface area (Å²) in [6.07, 6.45) is 0. The Kier molecular flexibility index (Phi) is 4.06. The molecular formula is C14H15FN2O2S. The molecule has 0 saturated carbocycles. The second kappa shape index (κ2) is 5.60. The van der Waals surface area contributed by atoms with Crippen LogP contribution in [0.5, 0.6) is 0 Å². The Morgan fingerprint density at radius 1 is 1.20 bits per heavy atom. The van der Waals surface area contributed by atoms with Gasteiger partial charge in [-0.3, -0.25) is 4.72 Å². The zero-order chi connectivity index (χ0) is 14.8. The molecule has 4 nitrogen and oxygen atoms in total. The number of anilines is 1. The molecule has 0 amide bonds. The van der Waals surface area contributed by atoms with Gasteiger partial charge in [-0.2, -0.15) is 0 Å². The van der Waals surface area contributed by atoms with Crippen LogP contribution in [0.15, 0.2) is 47.4 Å². The van der Waals surface area contributed by atoms with Crippen molar-refractivity contribution in [1.29, 1.82) is 0 Å². The van der Waals surface area contributed by atoms with Gasteiger partial charge in [0.25, 0.3) is 10.0 Å². The smallest absolute Gasteiger partial charge is 0.262 e. The minimum atomic E-state index is -3.74. The van der Waals surface area contributed by atoms with Crippen molar-refractivity contribution in [3.8, 4) is 0 Å². The Labute approximate surface area is 117 Å². The number of sulfonamides is 1. The number of nitrogens with two attached hydrogens (primary N) is 1. The molecule has 2 rings (SSSR count). The van der Waals surface area contributed by atoms with Gasteiger partial charge in [-0.05, 0) is 42.3 Å². The van der Waals surface area contributed by atoms with Crippen LogP contribution in [-0.4, -0.2) is 8.42 Å². The predicted octanol–water partition coefficient (Wildman–Crippen LogP) is 2.39. The first-order valence-electron chi connectivity index (χ1n) is 6.01. The Morgan fingerprint density at radius 3 is 2.55 bits per heavy atom. The molecule has 0 fully saturated rings. The Balaban J connectivity index is 2.41. The fourth-order valence-electron chi connectivity index (χ4n) is 1.88. The quantitative estimate of drug-likeness (QED) is 0.909. The van der Waals surface area contributed by atoms with Crippen LogP contribution >= 0.6 is 0 Å². The van der Waals surface area contributed by atoms with Gasteiger partial charge in [-0.15, -0.1) is 0 Å². The van der Waals surface area contributed by atoms with E-state index in [1.165, 1.54) is 24.3 Å². The van der Waals surface area contributed by atoms with Gasteiger partial charge in [0, 0.05) is 6.54 Å². The summed E-state index contributed by atoms with van der Waals surface area (Å²) in [5.74, 6) is -0.409. The van der Waals surface area contributed by atoms with Crippen molar-refractivity contribution in [2.45, 2.75) is 18.4 Å². The van der Waals surface area contributed by atoms with E-state index in [2.05, 4.69) is 4.72 Å². The highest BCUT2D eigenvalue weighted by Gasteiger charge is 2.18. The molecular weight excluding hydrogens is 279 g/mol. The summed E-state index contributed by atoms with van der Waals surface area (Å²) in [4.78, 5) is 0.131. The largest absolute Gasteiger partial charge is 0.326 e. The Morgan fingerprint density at radius 2 is 1.90 bits per heavy atom. The van der Waals surface area contributed by atoms with E-state index in [1.54, 1.807) is 25.1 Å². The van der Waals surface area contributed by atoms with Crippen LogP contribution in [0, 0.1) is 12.7 Å². The predicted molar refractivity (Wildman–Crippen MR) is 76.3 cm³/mol. The number of halogens is 1. The number of nitrogens with one attached hydrogen (secondary N) is 1. The third-order valence-electron chi connectivity index (χ3n) is 2.91. The van der Waals surface area contributed by atoms with E-state index >= 15 is 0 Å². The molecule has 0 atom stereocenters. The maximum Gasteiger partial charge on any atom is 0.262 e. The van der Waals surface area contributed by atoms with E-state index in [0.29, 0.717) is 16.8 Å². The molecule has 0 saturated heterocycles. The molecule has 0 bridgehead atoms. The number of hydrogen-bond donors (Lipinski definition) is 2. The minimum absolute atomic E-state index is 0.124. The van der Waals surface area contributed by atoms with Crippen molar-refractivity contribution in [3.63, 3.8) is 0 Å². The normalized spacial score (nSPS) is 11.3. The maximum absolute atomic E-state index is 13.0. The lowest BCUT2D eigenvalue weighted by Crippen LogP contribution is -2.16. The first kappa shape index (κ1) is 14.5. The van der Waals surface area contributed by atoms with Gasteiger partial charge in [0.2, 0.25) is 0 Å². The SMILES string of the molecule is Cc1cc(F)ccc1NS(=O)(=O)c1ccccc1CN. The van der Waals surface area contributed by atoms with E-state index < -0.39 is 15.8 Å². The highest BCUT2D eigenvalue weighted by Crippen LogP contribution is 2.22. The van der Waals surface area contributed by atoms with Crippen molar-refractivity contribution < 1.29 is 12.8 Å². The molecule has 0 aliphatic rings. The highest BCUT2D eigenvalue weighted by atomic mass is 32.2. The van der Waals surface area contributed by atoms with E-state index in [1.807, 2.05) is 0 Å². The molecule has 0 aliphatic carbocycles. The molecule has 6 heteroatoms. The average molecular weight is 294 g/mol. The third-order valence-corrected chi connectivity index (χ3v) is 4.38. The first-order valence-corrected chi connectivity index (χ1v) is 7.49. The number of rotatable bonds is 4. The summed E-state index contributed by atoms with van der Waals surface area (Å²) in [7, 11) is -3.74. The van der Waals surface area contributed by atoms with Crippen molar-refractivity contribution in [2.75, 3.05) is 4.72 Å². The average Bonchev–Trinajstić information content (AvgIpc) is 2.42. The third kappa shape index (κ3) is 2.97. The first-order chi connectivity index (χ1) is 9.44. The number of hydrogen-bond acceptors (Lipinski definition) is 3. The van der Waals surface area contributed by atoms with E-state index in [9.17, 15) is 12.8 Å². The van der Waals surface area contributed by atoms with Gasteiger partial charge in [0.1, 0.15) is 5.82 Å². The molecule has 0 aliphatic heterocycles. The lowest BCUT2D eigenvalue weighted by molar-refractivity contribution is 0.599. The second-order valence-corrected chi connectivity index (χ2v) is 6.03. The van der Waals surface area contributed by atoms with Gasteiger partial charge in [0.15, 0.2) is 0 Å². The fourth-order valence-corrected chi connectivity index (χ4v) is 3.26. The maximum atomic E-state index is 13.0. The Bertz CT molecular complexity index is 730. The molecule has 2 aromatic rings. The topological polar surface area (TPSA) is 72.2 Å². The summed E-state index contributed by atoms with van der Waals surface area (Å²) in [5.41, 5.74) is 6.93. The fraction of sp³-hybridized carbons (Fsp3) is 0.143. The lowest BCUT2D eigenvalue weighted by Gasteiger charge is -2.13. The summed E-state index contributed by atoms with van der Waals surface area (Å²) < 4.78 is 40.2.